The third-order valence-electron chi connectivity index (χ3n) is 1.14. The third-order valence-corrected chi connectivity index (χ3v) is 5.00. The third kappa shape index (κ3) is 5.98. The Balaban J connectivity index is 4.62. The molecule has 11 heteroatoms. The van der Waals surface area contributed by atoms with Crippen LogP contribution in [0, 0.1) is 0 Å². The fraction of sp³-hybridized carbons (Fsp3) is 0.667. The number of hydrogen-bond donors (Lipinski definition) is 0. The molecule has 0 aromatic heterocycles. The van der Waals surface area contributed by atoms with Crippen LogP contribution in [0.5, 0.6) is 0 Å². The standard InChI is InChI=1S/2C2HF3O2.2CH3.Sn/c2*3-2(4,5)1(6)7;;;/h2*(H,6,7);2*1H3;/q;;;;+2/p-2. The average molecular weight is 375 g/mol. The molecule has 0 amide bonds. The van der Waals surface area contributed by atoms with Crippen LogP contribution in [-0.4, -0.2) is 43.5 Å². The van der Waals surface area contributed by atoms with Gasteiger partial charge in [0.25, 0.3) is 0 Å². The van der Waals surface area contributed by atoms with E-state index in [4.69, 9.17) is 0 Å². The van der Waals surface area contributed by atoms with Crippen LogP contribution in [0.25, 0.3) is 0 Å². The van der Waals surface area contributed by atoms with Crippen molar-refractivity contribution in [1.82, 2.24) is 0 Å². The molecule has 0 N–H and O–H groups in total. The van der Waals surface area contributed by atoms with Gasteiger partial charge in [-0.25, -0.2) is 0 Å². The van der Waals surface area contributed by atoms with Crippen LogP contribution in [0.2, 0.25) is 9.88 Å². The molecule has 0 heterocycles. The van der Waals surface area contributed by atoms with Gasteiger partial charge in [0.05, 0.1) is 0 Å². The van der Waals surface area contributed by atoms with E-state index < -0.39 is 43.5 Å². The molecule has 0 bridgehead atoms. The Kier molecular flexibility index (Phi) is 4.70. The van der Waals surface area contributed by atoms with Gasteiger partial charge in [-0.3, -0.25) is 0 Å². The average Bonchev–Trinajstić information content (AvgIpc) is 1.97. The number of carbonyl (C=O) groups excluding carboxylic acids is 2. The molecule has 0 saturated heterocycles. The van der Waals surface area contributed by atoms with Crippen LogP contribution in [0.4, 0.5) is 26.3 Å². The summed E-state index contributed by atoms with van der Waals surface area (Å²) in [5.74, 6) is -5.35. The number of carbonyl (C=O) groups is 2. The van der Waals surface area contributed by atoms with E-state index in [-0.39, 0.29) is 0 Å². The molecule has 0 radical (unpaired) electrons. The van der Waals surface area contributed by atoms with Crippen molar-refractivity contribution < 1.29 is 42.1 Å². The van der Waals surface area contributed by atoms with Crippen molar-refractivity contribution in [2.75, 3.05) is 0 Å². The van der Waals surface area contributed by atoms with Gasteiger partial charge in [0.1, 0.15) is 0 Å². The van der Waals surface area contributed by atoms with Crippen LogP contribution in [0.3, 0.4) is 0 Å². The molecule has 0 aliphatic heterocycles. The summed E-state index contributed by atoms with van der Waals surface area (Å²) in [6.07, 6.45) is -10.7. The zero-order valence-electron chi connectivity index (χ0n) is 8.40. The Morgan fingerprint density at radius 2 is 1.06 bits per heavy atom. The van der Waals surface area contributed by atoms with E-state index in [1.54, 1.807) is 0 Å². The molecule has 100 valence electrons. The van der Waals surface area contributed by atoms with Crippen molar-refractivity contribution in [2.45, 2.75) is 22.2 Å². The molecule has 0 unspecified atom stereocenters. The molecular formula is C6H6F6O4Sn. The first-order valence-corrected chi connectivity index (χ1v) is 11.9. The molecule has 0 aromatic rings. The van der Waals surface area contributed by atoms with Gasteiger partial charge in [0.2, 0.25) is 0 Å². The summed E-state index contributed by atoms with van der Waals surface area (Å²) in [6.45, 7) is 0. The van der Waals surface area contributed by atoms with Crippen molar-refractivity contribution in [1.29, 1.82) is 0 Å². The number of halogens is 6. The number of rotatable bonds is 2. The number of alkyl halides is 6. The van der Waals surface area contributed by atoms with Gasteiger partial charge >= 0.3 is 95.5 Å². The Labute approximate surface area is 95.8 Å². The molecule has 17 heavy (non-hydrogen) atoms. The fourth-order valence-electron chi connectivity index (χ4n) is 0.583. The molecule has 0 atom stereocenters. The maximum absolute atomic E-state index is 11.7. The minimum absolute atomic E-state index is 0.766. The van der Waals surface area contributed by atoms with Gasteiger partial charge in [-0.15, -0.1) is 0 Å². The molecule has 0 aliphatic carbocycles. The first kappa shape index (κ1) is 16.3. The van der Waals surface area contributed by atoms with Gasteiger partial charge in [0, 0.05) is 0 Å². The second-order valence-corrected chi connectivity index (χ2v) is 12.3. The van der Waals surface area contributed by atoms with E-state index in [9.17, 15) is 35.9 Å². The summed E-state index contributed by atoms with van der Waals surface area (Å²) in [7, 11) is 0. The van der Waals surface area contributed by atoms with Crippen LogP contribution in [-0.2, 0) is 15.7 Å². The van der Waals surface area contributed by atoms with E-state index in [1.165, 1.54) is 0 Å². The fourth-order valence-corrected chi connectivity index (χ4v) is 3.91. The van der Waals surface area contributed by atoms with Crippen LogP contribution in [0.15, 0.2) is 0 Å². The van der Waals surface area contributed by atoms with E-state index >= 15 is 0 Å². The van der Waals surface area contributed by atoms with Crippen LogP contribution < -0.4 is 0 Å². The van der Waals surface area contributed by atoms with Crippen molar-refractivity contribution in [3.05, 3.63) is 0 Å². The predicted octanol–water partition coefficient (Wildman–Crippen LogP) is 1.90. The normalized spacial score (nSPS) is 13.2. The molecule has 0 aromatic carbocycles. The van der Waals surface area contributed by atoms with E-state index in [1.807, 2.05) is 0 Å². The molecule has 4 nitrogen and oxygen atoms in total. The molecule has 0 fully saturated rings. The summed E-state index contributed by atoms with van der Waals surface area (Å²) >= 11 is -4.96. The Morgan fingerprint density at radius 3 is 1.24 bits per heavy atom. The maximum atomic E-state index is 11.7. The molecule has 0 spiro atoms. The Morgan fingerprint density at radius 1 is 0.824 bits per heavy atom. The molecule has 0 saturated carbocycles. The quantitative estimate of drug-likeness (QED) is 0.547. The van der Waals surface area contributed by atoms with Crippen molar-refractivity contribution in [3.63, 3.8) is 0 Å². The molecule has 0 aliphatic rings. The van der Waals surface area contributed by atoms with E-state index in [0.29, 0.717) is 0 Å². The summed E-state index contributed by atoms with van der Waals surface area (Å²) in [5.41, 5.74) is 0. The monoisotopic (exact) mass is 376 g/mol. The Bertz CT molecular complexity index is 289. The van der Waals surface area contributed by atoms with E-state index in [2.05, 4.69) is 6.15 Å². The second kappa shape index (κ2) is 4.90. The zero-order valence-corrected chi connectivity index (χ0v) is 11.3. The van der Waals surface area contributed by atoms with Crippen molar-refractivity contribution in [2.24, 2.45) is 0 Å². The van der Waals surface area contributed by atoms with Crippen molar-refractivity contribution in [3.8, 4) is 0 Å². The first-order valence-electron chi connectivity index (χ1n) is 3.86. The summed E-state index contributed by atoms with van der Waals surface area (Å²) in [6, 6.07) is 0. The van der Waals surface area contributed by atoms with Gasteiger partial charge in [-0.2, -0.15) is 0 Å². The van der Waals surface area contributed by atoms with Crippen LogP contribution in [0.1, 0.15) is 0 Å². The topological polar surface area (TPSA) is 52.6 Å². The van der Waals surface area contributed by atoms with Gasteiger partial charge in [-0.1, -0.05) is 0 Å². The first-order chi connectivity index (χ1) is 7.26. The van der Waals surface area contributed by atoms with Gasteiger partial charge < -0.3 is 0 Å². The van der Waals surface area contributed by atoms with Crippen LogP contribution >= 0.6 is 0 Å². The van der Waals surface area contributed by atoms with Gasteiger partial charge in [0.15, 0.2) is 0 Å². The second-order valence-electron chi connectivity index (χ2n) is 3.17. The summed E-state index contributed by atoms with van der Waals surface area (Å²) < 4.78 is 78.0. The number of hydrogen-bond acceptors (Lipinski definition) is 4. The molecular weight excluding hydrogens is 369 g/mol. The zero-order chi connectivity index (χ0) is 14.1. The Hall–Kier alpha value is -0.681. The molecule has 0 rings (SSSR count). The summed E-state index contributed by atoms with van der Waals surface area (Å²) in [5, 5.41) is 0. The minimum atomic E-state index is -5.35. The van der Waals surface area contributed by atoms with Crippen molar-refractivity contribution >= 4 is 31.1 Å². The summed E-state index contributed by atoms with van der Waals surface area (Å²) in [4.78, 5) is 22.2. The predicted molar refractivity (Wildman–Crippen MR) is 41.8 cm³/mol. The van der Waals surface area contributed by atoms with E-state index in [0.717, 1.165) is 9.88 Å². The SMILES string of the molecule is [CH3][Sn]([CH3])([O]C(=O)C(F)(F)F)[O]C(=O)C(F)(F)F. The van der Waals surface area contributed by atoms with Gasteiger partial charge in [-0.05, 0) is 0 Å².